The van der Waals surface area contributed by atoms with E-state index in [-0.39, 0.29) is 5.82 Å². The Morgan fingerprint density at radius 3 is 2.75 bits per heavy atom. The van der Waals surface area contributed by atoms with Crippen LogP contribution in [0.4, 0.5) is 10.1 Å². The molecule has 3 nitrogen and oxygen atoms in total. The zero-order valence-corrected chi connectivity index (χ0v) is 12.2. The first kappa shape index (κ1) is 13.8. The standard InChI is InChI=1S/C16H23FN2O/c1-11(20)14-4-3-5-15(17)16(14)19-9-8-12-6-7-13(10-19)18(12)2/h3-5,11-13,20H,6-10H2,1-2H3. The number of benzene rings is 1. The predicted molar refractivity (Wildman–Crippen MR) is 78.4 cm³/mol. The van der Waals surface area contributed by atoms with Gasteiger partial charge < -0.3 is 10.0 Å². The zero-order chi connectivity index (χ0) is 14.3. The molecule has 0 aromatic heterocycles. The summed E-state index contributed by atoms with van der Waals surface area (Å²) in [5.74, 6) is -0.219. The van der Waals surface area contributed by atoms with E-state index in [1.54, 1.807) is 13.0 Å². The summed E-state index contributed by atoms with van der Waals surface area (Å²) < 4.78 is 14.3. The highest BCUT2D eigenvalue weighted by atomic mass is 19.1. The third-order valence-corrected chi connectivity index (χ3v) is 4.93. The van der Waals surface area contributed by atoms with E-state index in [9.17, 15) is 9.50 Å². The molecule has 2 saturated heterocycles. The van der Waals surface area contributed by atoms with Gasteiger partial charge in [0.25, 0.3) is 0 Å². The van der Waals surface area contributed by atoms with Gasteiger partial charge in [-0.1, -0.05) is 12.1 Å². The highest BCUT2D eigenvalue weighted by molar-refractivity contribution is 5.56. The molecule has 0 radical (unpaired) electrons. The average Bonchev–Trinajstić information content (AvgIpc) is 2.64. The number of aliphatic hydroxyl groups excluding tert-OH is 1. The molecular weight excluding hydrogens is 255 g/mol. The molecule has 4 heteroatoms. The minimum absolute atomic E-state index is 0.219. The molecule has 3 unspecified atom stereocenters. The van der Waals surface area contributed by atoms with Crippen LogP contribution in [-0.4, -0.2) is 42.2 Å². The van der Waals surface area contributed by atoms with Crippen LogP contribution in [0.1, 0.15) is 37.9 Å². The second-order valence-electron chi connectivity index (χ2n) is 6.14. The lowest BCUT2D eigenvalue weighted by Crippen LogP contribution is -2.37. The normalized spacial score (nSPS) is 28.5. The molecule has 0 aliphatic carbocycles. The number of hydrogen-bond acceptors (Lipinski definition) is 3. The Kier molecular flexibility index (Phi) is 3.69. The Morgan fingerprint density at radius 2 is 2.00 bits per heavy atom. The lowest BCUT2D eigenvalue weighted by molar-refractivity contribution is 0.199. The van der Waals surface area contributed by atoms with Crippen LogP contribution in [0.2, 0.25) is 0 Å². The van der Waals surface area contributed by atoms with Crippen molar-refractivity contribution in [1.82, 2.24) is 4.90 Å². The molecular formula is C16H23FN2O. The Balaban J connectivity index is 1.93. The van der Waals surface area contributed by atoms with Crippen molar-refractivity contribution in [3.8, 4) is 0 Å². The fraction of sp³-hybridized carbons (Fsp3) is 0.625. The summed E-state index contributed by atoms with van der Waals surface area (Å²) in [4.78, 5) is 4.58. The number of anilines is 1. The van der Waals surface area contributed by atoms with Crippen LogP contribution in [0.5, 0.6) is 0 Å². The maximum absolute atomic E-state index is 14.3. The molecule has 1 N–H and O–H groups in total. The molecule has 3 atom stereocenters. The number of hydrogen-bond donors (Lipinski definition) is 1. The quantitative estimate of drug-likeness (QED) is 0.900. The van der Waals surface area contributed by atoms with Gasteiger partial charge in [0.05, 0.1) is 11.8 Å². The van der Waals surface area contributed by atoms with Crippen LogP contribution in [0.25, 0.3) is 0 Å². The smallest absolute Gasteiger partial charge is 0.146 e. The number of aliphatic hydroxyl groups is 1. The van der Waals surface area contributed by atoms with E-state index in [4.69, 9.17) is 0 Å². The van der Waals surface area contributed by atoms with Crippen molar-refractivity contribution in [3.63, 3.8) is 0 Å². The zero-order valence-electron chi connectivity index (χ0n) is 12.2. The van der Waals surface area contributed by atoms with Crippen LogP contribution in [0.15, 0.2) is 18.2 Å². The molecule has 2 fully saturated rings. The first-order valence-electron chi connectivity index (χ1n) is 7.51. The Bertz CT molecular complexity index is 491. The van der Waals surface area contributed by atoms with E-state index in [1.807, 2.05) is 6.07 Å². The number of nitrogens with zero attached hydrogens (tertiary/aromatic N) is 2. The largest absolute Gasteiger partial charge is 0.389 e. The fourth-order valence-electron chi connectivity index (χ4n) is 3.71. The van der Waals surface area contributed by atoms with E-state index in [0.29, 0.717) is 23.3 Å². The SMILES string of the molecule is CC(O)c1cccc(F)c1N1CCC2CCC(C1)N2C. The molecule has 2 aliphatic heterocycles. The van der Waals surface area contributed by atoms with Gasteiger partial charge in [0, 0.05) is 30.7 Å². The first-order chi connectivity index (χ1) is 9.58. The van der Waals surface area contributed by atoms with E-state index >= 15 is 0 Å². The van der Waals surface area contributed by atoms with Gasteiger partial charge in [-0.15, -0.1) is 0 Å². The van der Waals surface area contributed by atoms with Crippen molar-refractivity contribution >= 4 is 5.69 Å². The Morgan fingerprint density at radius 1 is 1.25 bits per heavy atom. The summed E-state index contributed by atoms with van der Waals surface area (Å²) in [6.45, 7) is 3.42. The van der Waals surface area contributed by atoms with Crippen molar-refractivity contribution in [3.05, 3.63) is 29.6 Å². The van der Waals surface area contributed by atoms with E-state index in [2.05, 4.69) is 16.8 Å². The van der Waals surface area contributed by atoms with Crippen molar-refractivity contribution in [2.75, 3.05) is 25.0 Å². The van der Waals surface area contributed by atoms with Gasteiger partial charge in [-0.25, -0.2) is 4.39 Å². The number of rotatable bonds is 2. The summed E-state index contributed by atoms with van der Waals surface area (Å²) in [5.41, 5.74) is 1.30. The molecule has 2 bridgehead atoms. The summed E-state index contributed by atoms with van der Waals surface area (Å²) in [6.07, 6.45) is 2.88. The van der Waals surface area contributed by atoms with E-state index < -0.39 is 6.10 Å². The fourth-order valence-corrected chi connectivity index (χ4v) is 3.71. The lowest BCUT2D eigenvalue weighted by Gasteiger charge is -2.30. The third-order valence-electron chi connectivity index (χ3n) is 4.93. The molecule has 0 amide bonds. The van der Waals surface area contributed by atoms with Crippen molar-refractivity contribution in [2.24, 2.45) is 0 Å². The van der Waals surface area contributed by atoms with Gasteiger partial charge in [0.1, 0.15) is 5.82 Å². The summed E-state index contributed by atoms with van der Waals surface area (Å²) in [6, 6.07) is 6.14. The highest BCUT2D eigenvalue weighted by Crippen LogP contribution is 2.35. The van der Waals surface area contributed by atoms with Crippen LogP contribution in [-0.2, 0) is 0 Å². The topological polar surface area (TPSA) is 26.7 Å². The summed E-state index contributed by atoms with van der Waals surface area (Å²) >= 11 is 0. The molecule has 0 saturated carbocycles. The van der Waals surface area contributed by atoms with E-state index in [0.717, 1.165) is 19.5 Å². The summed E-state index contributed by atoms with van der Waals surface area (Å²) in [5, 5.41) is 9.91. The second-order valence-corrected chi connectivity index (χ2v) is 6.14. The first-order valence-corrected chi connectivity index (χ1v) is 7.51. The van der Waals surface area contributed by atoms with E-state index in [1.165, 1.54) is 18.9 Å². The van der Waals surface area contributed by atoms with Crippen molar-refractivity contribution in [1.29, 1.82) is 0 Å². The monoisotopic (exact) mass is 278 g/mol. The maximum Gasteiger partial charge on any atom is 0.146 e. The maximum atomic E-state index is 14.3. The van der Waals surface area contributed by atoms with Gasteiger partial charge in [0.2, 0.25) is 0 Å². The van der Waals surface area contributed by atoms with Gasteiger partial charge in [-0.2, -0.15) is 0 Å². The molecule has 1 aromatic carbocycles. The predicted octanol–water partition coefficient (Wildman–Crippen LogP) is 2.55. The minimum Gasteiger partial charge on any atom is -0.389 e. The van der Waals surface area contributed by atoms with Gasteiger partial charge in [-0.05, 0) is 39.3 Å². The second kappa shape index (κ2) is 5.34. The van der Waals surface area contributed by atoms with Crippen LogP contribution < -0.4 is 4.90 Å². The molecule has 20 heavy (non-hydrogen) atoms. The van der Waals surface area contributed by atoms with Crippen molar-refractivity contribution in [2.45, 2.75) is 44.4 Å². The minimum atomic E-state index is -0.640. The number of halogens is 1. The molecule has 2 aliphatic rings. The molecule has 110 valence electrons. The lowest BCUT2D eigenvalue weighted by atomic mass is 10.0. The number of likely N-dealkylation sites (N-methyl/N-ethyl adjacent to an activating group) is 1. The van der Waals surface area contributed by atoms with Crippen LogP contribution >= 0.6 is 0 Å². The molecule has 0 spiro atoms. The summed E-state index contributed by atoms with van der Waals surface area (Å²) in [7, 11) is 2.18. The Hall–Kier alpha value is -1.13. The van der Waals surface area contributed by atoms with Gasteiger partial charge >= 0.3 is 0 Å². The van der Waals surface area contributed by atoms with Crippen LogP contribution in [0.3, 0.4) is 0 Å². The highest BCUT2D eigenvalue weighted by Gasteiger charge is 2.35. The molecule has 3 rings (SSSR count). The van der Waals surface area contributed by atoms with Gasteiger partial charge in [-0.3, -0.25) is 4.90 Å². The number of para-hydroxylation sites is 1. The average molecular weight is 278 g/mol. The number of fused-ring (bicyclic) bond motifs is 2. The third kappa shape index (κ3) is 2.31. The molecule has 2 heterocycles. The molecule has 1 aromatic rings. The van der Waals surface area contributed by atoms with Crippen LogP contribution in [0, 0.1) is 5.82 Å². The van der Waals surface area contributed by atoms with Gasteiger partial charge in [0.15, 0.2) is 0 Å². The Labute approximate surface area is 120 Å². The van der Waals surface area contributed by atoms with Crippen molar-refractivity contribution < 1.29 is 9.50 Å².